The number of fused-ring (bicyclic) bond motifs is 3. The van der Waals surface area contributed by atoms with Gasteiger partial charge in [-0.1, -0.05) is 53.5 Å². The largest absolute Gasteiger partial charge is 0.466 e. The number of nitrogens with one attached hydrogen (secondary N) is 3. The maximum absolute atomic E-state index is 12.5. The Morgan fingerprint density at radius 3 is 2.22 bits per heavy atom. The highest BCUT2D eigenvalue weighted by Crippen LogP contribution is 2.24. The summed E-state index contributed by atoms with van der Waals surface area (Å²) in [5, 5.41) is 23.1. The average Bonchev–Trinajstić information content (AvgIpc) is 4.04. The molecule has 0 saturated carbocycles. The fraction of sp³-hybridized carbons (Fsp3) is 0.100. The van der Waals surface area contributed by atoms with Gasteiger partial charge in [-0.15, -0.1) is 5.10 Å². The lowest BCUT2D eigenvalue weighted by atomic mass is 10.1. The first-order chi connectivity index (χ1) is 28.4. The highest BCUT2D eigenvalue weighted by molar-refractivity contribution is 6.31. The van der Waals surface area contributed by atoms with Crippen molar-refractivity contribution in [3.05, 3.63) is 129 Å². The Labute approximate surface area is 343 Å². The third-order valence-corrected chi connectivity index (χ3v) is 9.03. The topological polar surface area (TPSA) is 238 Å². The lowest BCUT2D eigenvalue weighted by Crippen LogP contribution is -2.14. The van der Waals surface area contributed by atoms with Crippen LogP contribution in [0.2, 0.25) is 10.0 Å². The number of nitrogens with two attached hydrogens (primary N) is 1. The van der Waals surface area contributed by atoms with Crippen molar-refractivity contribution >= 4 is 74.4 Å². The fourth-order valence-corrected chi connectivity index (χ4v) is 6.22. The van der Waals surface area contributed by atoms with Gasteiger partial charge in [0.25, 0.3) is 11.3 Å². The van der Waals surface area contributed by atoms with Crippen molar-refractivity contribution in [2.75, 3.05) is 12.3 Å². The number of ketones is 1. The third kappa shape index (κ3) is 9.22. The first-order valence-corrected chi connectivity index (χ1v) is 18.5. The predicted octanol–water partition coefficient (Wildman–Crippen LogP) is 6.82. The van der Waals surface area contributed by atoms with E-state index in [1.54, 1.807) is 55.6 Å². The second-order valence-electron chi connectivity index (χ2n) is 12.7. The molecule has 17 nitrogen and oxygen atoms in total. The van der Waals surface area contributed by atoms with E-state index < -0.39 is 5.97 Å². The summed E-state index contributed by atoms with van der Waals surface area (Å²) in [7, 11) is 0. The first-order valence-electron chi connectivity index (χ1n) is 17.8. The van der Waals surface area contributed by atoms with Crippen LogP contribution in [0.4, 0.5) is 5.95 Å². The number of aromatic amines is 3. The molecule has 9 aromatic rings. The zero-order chi connectivity index (χ0) is 41.6. The Bertz CT molecular complexity index is 3060. The Morgan fingerprint density at radius 2 is 1.54 bits per heavy atom. The molecular formula is C40H32Cl2N12O5. The number of ether oxygens (including phenoxy) is 1. The van der Waals surface area contributed by atoms with E-state index in [9.17, 15) is 19.2 Å². The molecule has 5 aromatic heterocycles. The minimum Gasteiger partial charge on any atom is -0.466 e. The number of carbonyl (C=O) groups excluding carboxylic acids is 3. The first kappa shape index (κ1) is 39.7. The number of hydrogen-bond donors (Lipinski definition) is 4. The molecule has 4 aromatic carbocycles. The van der Waals surface area contributed by atoms with Crippen LogP contribution in [0.25, 0.3) is 61.6 Å². The van der Waals surface area contributed by atoms with Crippen molar-refractivity contribution in [2.45, 2.75) is 20.3 Å². The van der Waals surface area contributed by atoms with Crippen molar-refractivity contribution in [1.29, 1.82) is 0 Å². The van der Waals surface area contributed by atoms with Crippen LogP contribution in [0.15, 0.2) is 108 Å². The Hall–Kier alpha value is -7.50. The number of hydrogen-bond acceptors (Lipinski definition) is 12. The number of aromatic nitrogens is 11. The van der Waals surface area contributed by atoms with Gasteiger partial charge in [0.1, 0.15) is 6.42 Å². The van der Waals surface area contributed by atoms with Crippen LogP contribution >= 0.6 is 23.2 Å². The van der Waals surface area contributed by atoms with Crippen molar-refractivity contribution in [3.63, 3.8) is 0 Å². The summed E-state index contributed by atoms with van der Waals surface area (Å²) >= 11 is 11.8. The number of esters is 1. The van der Waals surface area contributed by atoms with E-state index in [0.29, 0.717) is 49.6 Å². The molecule has 0 spiro atoms. The van der Waals surface area contributed by atoms with Gasteiger partial charge in [0.05, 0.1) is 35.7 Å². The summed E-state index contributed by atoms with van der Waals surface area (Å²) in [6.07, 6.45) is 2.95. The van der Waals surface area contributed by atoms with E-state index in [4.69, 9.17) is 33.7 Å². The smallest absolute Gasteiger partial charge is 0.313 e. The van der Waals surface area contributed by atoms with Gasteiger partial charge in [-0.2, -0.15) is 24.7 Å². The van der Waals surface area contributed by atoms with Gasteiger partial charge >= 0.3 is 5.97 Å². The molecular weight excluding hydrogens is 799 g/mol. The van der Waals surface area contributed by atoms with Crippen LogP contribution < -0.4 is 11.3 Å². The molecule has 0 aliphatic rings. The molecule has 0 radical (unpaired) electrons. The lowest BCUT2D eigenvalue weighted by molar-refractivity contribution is -0.141. The van der Waals surface area contributed by atoms with E-state index in [1.807, 2.05) is 42.5 Å². The monoisotopic (exact) mass is 830 g/mol. The second kappa shape index (κ2) is 17.3. The van der Waals surface area contributed by atoms with Crippen LogP contribution in [0.3, 0.4) is 0 Å². The molecule has 59 heavy (non-hydrogen) atoms. The molecule has 0 aliphatic heterocycles. The molecule has 0 atom stereocenters. The molecule has 5 heterocycles. The number of benzene rings is 4. The predicted molar refractivity (Wildman–Crippen MR) is 222 cm³/mol. The van der Waals surface area contributed by atoms with Crippen LogP contribution in [0.5, 0.6) is 0 Å². The summed E-state index contributed by atoms with van der Waals surface area (Å²) in [4.78, 5) is 60.0. The van der Waals surface area contributed by atoms with Gasteiger partial charge in [0.2, 0.25) is 11.9 Å². The van der Waals surface area contributed by atoms with Gasteiger partial charge in [-0.05, 0) is 61.5 Å². The quantitative estimate of drug-likeness (QED) is 0.0735. The highest BCUT2D eigenvalue weighted by Gasteiger charge is 2.15. The van der Waals surface area contributed by atoms with E-state index in [2.05, 4.69) is 45.5 Å². The maximum atomic E-state index is 12.5. The maximum Gasteiger partial charge on any atom is 0.313 e. The molecule has 19 heteroatoms. The molecule has 0 amide bonds. The lowest BCUT2D eigenvalue weighted by Gasteiger charge is -2.02. The number of nitrogens with zero attached hydrogens (tertiary/aromatic N) is 8. The van der Waals surface area contributed by atoms with Gasteiger partial charge in [-0.3, -0.25) is 34.5 Å². The number of nitrogen functional groups attached to an aromatic ring is 1. The molecule has 0 unspecified atom stereocenters. The van der Waals surface area contributed by atoms with Crippen molar-refractivity contribution < 1.29 is 19.1 Å². The van der Waals surface area contributed by atoms with Crippen molar-refractivity contribution in [2.24, 2.45) is 0 Å². The molecule has 0 saturated heterocycles. The number of Topliss-reactive ketones (excluding diaryl/α,β-unsaturated/α-hetero) is 1. The van der Waals surface area contributed by atoms with Gasteiger partial charge in [0.15, 0.2) is 17.4 Å². The van der Waals surface area contributed by atoms with E-state index in [1.165, 1.54) is 28.4 Å². The zero-order valence-electron chi connectivity index (χ0n) is 31.2. The van der Waals surface area contributed by atoms with Crippen LogP contribution in [0, 0.1) is 0 Å². The summed E-state index contributed by atoms with van der Waals surface area (Å²) in [5.74, 6) is 0.618. The summed E-state index contributed by atoms with van der Waals surface area (Å²) in [5.41, 5.74) is 10.1. The molecule has 5 N–H and O–H groups in total. The fourth-order valence-electron chi connectivity index (χ4n) is 5.84. The van der Waals surface area contributed by atoms with Crippen LogP contribution in [-0.4, -0.2) is 79.0 Å². The molecule has 9 rings (SSSR count). The van der Waals surface area contributed by atoms with Crippen LogP contribution in [0.1, 0.15) is 35.4 Å². The minimum absolute atomic E-state index is 0.203. The number of H-pyrrole nitrogens is 3. The summed E-state index contributed by atoms with van der Waals surface area (Å²) < 4.78 is 7.31. The van der Waals surface area contributed by atoms with E-state index in [-0.39, 0.29) is 36.2 Å². The van der Waals surface area contributed by atoms with Gasteiger partial charge in [-0.25, -0.2) is 9.67 Å². The van der Waals surface area contributed by atoms with Gasteiger partial charge in [0, 0.05) is 56.1 Å². The number of carbonyl (C=O) groups is 3. The van der Waals surface area contributed by atoms with Gasteiger partial charge < -0.3 is 10.5 Å². The zero-order valence-corrected chi connectivity index (χ0v) is 32.7. The molecule has 0 bridgehead atoms. The SMILES string of the molecule is CCOC(=O)CC(=O)c1ccc2c(cnn2C(C)=O)c1.Nc1n[nH]c(-c2cccc(Cl)c2)n1.O=c1cc(-c2ccc3[nH]ncc3c2)nc2nc(-c3cccc(Cl)c3)[nH]n12. The highest BCUT2D eigenvalue weighted by atomic mass is 35.5. The molecule has 0 aliphatic carbocycles. The molecule has 296 valence electrons. The van der Waals surface area contributed by atoms with Crippen molar-refractivity contribution in [3.8, 4) is 34.0 Å². The Morgan fingerprint density at radius 1 is 0.797 bits per heavy atom. The Kier molecular flexibility index (Phi) is 11.7. The minimum atomic E-state index is -0.544. The number of anilines is 1. The summed E-state index contributed by atoms with van der Waals surface area (Å²) in [6, 6.07) is 26.6. The van der Waals surface area contributed by atoms with Crippen molar-refractivity contribution in [1.82, 2.24) is 54.7 Å². The number of halogens is 2. The standard InChI is InChI=1S/C18H11ClN6O.C14H14N2O4.C8H7ClN4/c19-13-3-1-2-11(7-13)17-22-18-21-15(8-16(26)25(18)24-17)10-4-5-14-12(6-10)9-20-23-14;1-3-20-14(19)7-13(18)10-4-5-12-11(6-10)8-15-16(12)9(2)17;9-6-3-1-2-5(4-6)7-11-8(10)13-12-7/h1-9H,(H,20,23)(H,21,22,24);4-6,8H,3,7H2,1-2H3;1-4H,(H3,10,11,12,13). The number of rotatable bonds is 7. The second-order valence-corrected chi connectivity index (χ2v) is 13.5. The molecule has 0 fully saturated rings. The Balaban J connectivity index is 0.000000142. The van der Waals surface area contributed by atoms with E-state index >= 15 is 0 Å². The normalized spacial score (nSPS) is 10.8. The third-order valence-electron chi connectivity index (χ3n) is 8.56. The van der Waals surface area contributed by atoms with E-state index in [0.717, 1.165) is 27.6 Å². The summed E-state index contributed by atoms with van der Waals surface area (Å²) in [6.45, 7) is 3.34. The average molecular weight is 832 g/mol. The van der Waals surface area contributed by atoms with Crippen LogP contribution in [-0.2, 0) is 9.53 Å².